The third-order valence-corrected chi connectivity index (χ3v) is 7.76. The molecule has 1 aliphatic carbocycles. The monoisotopic (exact) mass is 480 g/mol. The average molecular weight is 481 g/mol. The van der Waals surface area contributed by atoms with E-state index in [1.54, 1.807) is 0 Å². The first-order valence-electron chi connectivity index (χ1n) is 12.4. The van der Waals surface area contributed by atoms with E-state index in [1.165, 1.54) is 0 Å². The SMILES string of the molecule is Cc1n[nH]c2c1c(CC1CCC(C)(C(=O)O)CC1)nc1c(-c3ccc(-c4ccccc4)nc3)cnn12. The molecule has 2 N–H and O–H groups in total. The summed E-state index contributed by atoms with van der Waals surface area (Å²) in [6.07, 6.45) is 7.64. The van der Waals surface area contributed by atoms with Crippen molar-refractivity contribution in [1.29, 1.82) is 0 Å². The maximum absolute atomic E-state index is 11.7. The van der Waals surface area contributed by atoms with E-state index in [-0.39, 0.29) is 0 Å². The van der Waals surface area contributed by atoms with Gasteiger partial charge in [0.1, 0.15) is 0 Å². The Balaban J connectivity index is 1.37. The highest BCUT2D eigenvalue weighted by atomic mass is 16.4. The van der Waals surface area contributed by atoms with Crippen molar-refractivity contribution in [2.45, 2.75) is 46.0 Å². The van der Waals surface area contributed by atoms with E-state index in [2.05, 4.69) is 26.3 Å². The number of aromatic amines is 1. The van der Waals surface area contributed by atoms with Crippen LogP contribution in [0.1, 0.15) is 44.0 Å². The first kappa shape index (κ1) is 22.4. The molecule has 5 aromatic rings. The van der Waals surface area contributed by atoms with Gasteiger partial charge in [-0.2, -0.15) is 14.7 Å². The molecule has 0 spiro atoms. The fraction of sp³-hybridized carbons (Fsp3) is 0.321. The number of carboxylic acids is 1. The van der Waals surface area contributed by atoms with Crippen LogP contribution in [0.5, 0.6) is 0 Å². The second-order valence-electron chi connectivity index (χ2n) is 10.2. The first-order valence-corrected chi connectivity index (χ1v) is 12.4. The van der Waals surface area contributed by atoms with Gasteiger partial charge in [-0.3, -0.25) is 14.9 Å². The summed E-state index contributed by atoms with van der Waals surface area (Å²) in [5.74, 6) is -0.299. The highest BCUT2D eigenvalue weighted by Gasteiger charge is 2.37. The van der Waals surface area contributed by atoms with Gasteiger partial charge in [0.2, 0.25) is 0 Å². The Kier molecular flexibility index (Phi) is 5.32. The van der Waals surface area contributed by atoms with Crippen LogP contribution in [-0.2, 0) is 11.2 Å². The number of aryl methyl sites for hydroxylation is 1. The molecule has 0 amide bonds. The quantitative estimate of drug-likeness (QED) is 0.345. The summed E-state index contributed by atoms with van der Waals surface area (Å²) in [7, 11) is 0. The largest absolute Gasteiger partial charge is 0.481 e. The van der Waals surface area contributed by atoms with Gasteiger partial charge in [-0.15, -0.1) is 0 Å². The van der Waals surface area contributed by atoms with Crippen LogP contribution in [0, 0.1) is 18.3 Å². The maximum atomic E-state index is 11.7. The highest BCUT2D eigenvalue weighted by Crippen LogP contribution is 2.40. The molecule has 1 aliphatic rings. The van der Waals surface area contributed by atoms with Crippen molar-refractivity contribution in [2.24, 2.45) is 11.3 Å². The predicted molar refractivity (Wildman–Crippen MR) is 137 cm³/mol. The third kappa shape index (κ3) is 3.73. The topological polar surface area (TPSA) is 109 Å². The standard InChI is InChI=1S/C28H28N6O2/c1-17-24-23(14-18-10-12-28(2,13-11-18)27(35)36)31-25-21(16-30-34(25)26(24)33-32-17)20-8-9-22(29-15-20)19-6-4-3-5-7-19/h3-9,15-16,18H,10-14H2,1-2H3,(H,32,33)(H,35,36). The fourth-order valence-corrected chi connectivity index (χ4v) is 5.41. The molecular formula is C28H28N6O2. The number of benzene rings is 1. The lowest BCUT2D eigenvalue weighted by atomic mass is 9.70. The summed E-state index contributed by atoms with van der Waals surface area (Å²) in [6.45, 7) is 3.85. The summed E-state index contributed by atoms with van der Waals surface area (Å²) in [6, 6.07) is 14.2. The van der Waals surface area contributed by atoms with Gasteiger partial charge in [0.25, 0.3) is 0 Å². The second kappa shape index (κ2) is 8.55. The maximum Gasteiger partial charge on any atom is 0.309 e. The van der Waals surface area contributed by atoms with Crippen LogP contribution < -0.4 is 0 Å². The zero-order valence-electron chi connectivity index (χ0n) is 20.4. The van der Waals surface area contributed by atoms with Crippen molar-refractivity contribution in [3.05, 3.63) is 66.2 Å². The van der Waals surface area contributed by atoms with Crippen LogP contribution >= 0.6 is 0 Å². The molecular weight excluding hydrogens is 452 g/mol. The van der Waals surface area contributed by atoms with E-state index >= 15 is 0 Å². The predicted octanol–water partition coefficient (Wildman–Crippen LogP) is 5.47. The summed E-state index contributed by atoms with van der Waals surface area (Å²) in [5, 5.41) is 22.8. The van der Waals surface area contributed by atoms with Crippen LogP contribution in [0.15, 0.2) is 54.9 Å². The number of carboxylic acid groups (broad SMARTS) is 1. The summed E-state index contributed by atoms with van der Waals surface area (Å²) in [5.41, 5.74) is 6.72. The Bertz CT molecular complexity index is 1560. The summed E-state index contributed by atoms with van der Waals surface area (Å²) in [4.78, 5) is 21.5. The van der Waals surface area contributed by atoms with Gasteiger partial charge in [0.05, 0.1) is 34.1 Å². The number of pyridine rings is 1. The number of aliphatic carboxylic acids is 1. The molecule has 0 saturated heterocycles. The molecule has 0 aliphatic heterocycles. The van der Waals surface area contributed by atoms with Gasteiger partial charge >= 0.3 is 5.97 Å². The van der Waals surface area contributed by atoms with E-state index in [0.717, 1.165) is 69.7 Å². The van der Waals surface area contributed by atoms with E-state index in [1.807, 2.05) is 67.2 Å². The Hall–Kier alpha value is -4.07. The molecule has 4 aromatic heterocycles. The molecule has 182 valence electrons. The Morgan fingerprint density at radius 3 is 2.58 bits per heavy atom. The molecule has 1 saturated carbocycles. The van der Waals surface area contributed by atoms with E-state index in [0.29, 0.717) is 18.8 Å². The van der Waals surface area contributed by atoms with E-state index < -0.39 is 11.4 Å². The lowest BCUT2D eigenvalue weighted by molar-refractivity contribution is -0.150. The molecule has 0 unspecified atom stereocenters. The van der Waals surface area contributed by atoms with Crippen molar-refractivity contribution >= 4 is 22.6 Å². The number of nitrogens with one attached hydrogen (secondary N) is 1. The fourth-order valence-electron chi connectivity index (χ4n) is 5.41. The zero-order chi connectivity index (χ0) is 24.9. The van der Waals surface area contributed by atoms with Crippen molar-refractivity contribution in [2.75, 3.05) is 0 Å². The van der Waals surface area contributed by atoms with Crippen LogP contribution in [-0.4, -0.2) is 40.9 Å². The van der Waals surface area contributed by atoms with Gasteiger partial charge in [0, 0.05) is 22.9 Å². The lowest BCUT2D eigenvalue weighted by Gasteiger charge is -2.33. The van der Waals surface area contributed by atoms with Gasteiger partial charge in [-0.1, -0.05) is 36.4 Å². The Morgan fingerprint density at radius 1 is 1.11 bits per heavy atom. The third-order valence-electron chi connectivity index (χ3n) is 7.76. The van der Waals surface area contributed by atoms with Crippen LogP contribution in [0.25, 0.3) is 39.1 Å². The van der Waals surface area contributed by atoms with Crippen molar-refractivity contribution in [3.8, 4) is 22.4 Å². The minimum atomic E-state index is -0.690. The number of fused-ring (bicyclic) bond motifs is 3. The number of aromatic nitrogens is 6. The number of hydrogen-bond donors (Lipinski definition) is 2. The van der Waals surface area contributed by atoms with Gasteiger partial charge in [0.15, 0.2) is 11.3 Å². The first-order chi connectivity index (χ1) is 17.4. The molecule has 0 bridgehead atoms. The number of hydrogen-bond acceptors (Lipinski definition) is 5. The minimum Gasteiger partial charge on any atom is -0.481 e. The van der Waals surface area contributed by atoms with Gasteiger partial charge in [-0.05, 0) is 57.9 Å². The number of rotatable bonds is 5. The molecule has 8 heteroatoms. The molecule has 6 rings (SSSR count). The van der Waals surface area contributed by atoms with Gasteiger partial charge in [-0.25, -0.2) is 4.98 Å². The van der Waals surface area contributed by atoms with Crippen molar-refractivity contribution < 1.29 is 9.90 Å². The minimum absolute atomic E-state index is 0.392. The zero-order valence-corrected chi connectivity index (χ0v) is 20.4. The number of carbonyl (C=O) groups is 1. The van der Waals surface area contributed by atoms with Crippen LogP contribution in [0.2, 0.25) is 0 Å². The normalized spacial score (nSPS) is 20.2. The molecule has 4 heterocycles. The Morgan fingerprint density at radius 2 is 1.89 bits per heavy atom. The van der Waals surface area contributed by atoms with Crippen LogP contribution in [0.4, 0.5) is 0 Å². The van der Waals surface area contributed by atoms with E-state index in [4.69, 9.17) is 4.98 Å². The average Bonchev–Trinajstić information content (AvgIpc) is 3.50. The van der Waals surface area contributed by atoms with E-state index in [9.17, 15) is 9.90 Å². The summed E-state index contributed by atoms with van der Waals surface area (Å²) < 4.78 is 1.82. The number of nitrogens with zero attached hydrogens (tertiary/aromatic N) is 5. The van der Waals surface area contributed by atoms with Crippen molar-refractivity contribution in [1.82, 2.24) is 29.8 Å². The molecule has 1 aromatic carbocycles. The van der Waals surface area contributed by atoms with Gasteiger partial charge < -0.3 is 5.11 Å². The molecule has 36 heavy (non-hydrogen) atoms. The number of H-pyrrole nitrogens is 1. The van der Waals surface area contributed by atoms with Crippen LogP contribution in [0.3, 0.4) is 0 Å². The highest BCUT2D eigenvalue weighted by molar-refractivity contribution is 5.87. The molecule has 1 fully saturated rings. The lowest BCUT2D eigenvalue weighted by Crippen LogP contribution is -2.33. The summed E-state index contributed by atoms with van der Waals surface area (Å²) >= 11 is 0. The second-order valence-corrected chi connectivity index (χ2v) is 10.2. The Labute approximate surface area is 208 Å². The smallest absolute Gasteiger partial charge is 0.309 e. The van der Waals surface area contributed by atoms with Crippen molar-refractivity contribution in [3.63, 3.8) is 0 Å². The molecule has 0 atom stereocenters. The molecule has 0 radical (unpaired) electrons. The molecule has 8 nitrogen and oxygen atoms in total.